The molecule has 1 aromatic carbocycles. The molecule has 0 unspecified atom stereocenters. The lowest BCUT2D eigenvalue weighted by Crippen LogP contribution is -2.42. The summed E-state index contributed by atoms with van der Waals surface area (Å²) in [6.07, 6.45) is 3.79. The first-order valence-electron chi connectivity index (χ1n) is 6.91. The maximum atomic E-state index is 12.4. The molecule has 1 N–H and O–H groups in total. The van der Waals surface area contributed by atoms with E-state index in [2.05, 4.69) is 10.3 Å². The molecule has 0 aliphatic carbocycles. The van der Waals surface area contributed by atoms with Crippen molar-refractivity contribution in [2.45, 2.75) is 12.5 Å². The van der Waals surface area contributed by atoms with Crippen LogP contribution in [0.25, 0.3) is 0 Å². The van der Waals surface area contributed by atoms with Crippen molar-refractivity contribution < 1.29 is 9.59 Å². The largest absolute Gasteiger partial charge is 0.337 e. The molecule has 0 saturated carbocycles. The molecule has 7 heteroatoms. The second-order valence-electron chi connectivity index (χ2n) is 5.15. The Bertz CT molecular complexity index is 728. The maximum Gasteiger partial charge on any atom is 0.287 e. The van der Waals surface area contributed by atoms with Gasteiger partial charge in [-0.15, -0.1) is 0 Å². The normalized spacial score (nSPS) is 17.8. The van der Waals surface area contributed by atoms with Crippen molar-refractivity contribution in [2.24, 2.45) is 7.05 Å². The SMILES string of the molecule is Cn1ccnc1C(=O)N[C@@H]1CCN(c2cccc(Cl)c2)C1=O. The van der Waals surface area contributed by atoms with E-state index in [4.69, 9.17) is 11.6 Å². The highest BCUT2D eigenvalue weighted by Gasteiger charge is 2.34. The molecular weight excluding hydrogens is 304 g/mol. The van der Waals surface area contributed by atoms with Crippen LogP contribution >= 0.6 is 11.6 Å². The number of halogens is 1. The zero-order valence-electron chi connectivity index (χ0n) is 12.0. The molecule has 2 aromatic rings. The number of nitrogens with zero attached hydrogens (tertiary/aromatic N) is 3. The number of nitrogens with one attached hydrogen (secondary N) is 1. The Morgan fingerprint density at radius 3 is 2.95 bits per heavy atom. The van der Waals surface area contributed by atoms with Gasteiger partial charge in [-0.3, -0.25) is 9.59 Å². The standard InChI is InChI=1S/C15H15ClN4O2/c1-19-8-6-17-13(19)14(21)18-12-5-7-20(15(12)22)11-4-2-3-10(16)9-11/h2-4,6,8-9,12H,5,7H2,1H3,(H,18,21)/t12-/m1/s1. The molecule has 1 aliphatic heterocycles. The van der Waals surface area contributed by atoms with Crippen LogP contribution in [0.1, 0.15) is 17.0 Å². The molecule has 1 aliphatic rings. The van der Waals surface area contributed by atoms with Crippen LogP contribution in [-0.4, -0.2) is 34.0 Å². The lowest BCUT2D eigenvalue weighted by atomic mass is 10.2. The molecule has 2 amide bonds. The monoisotopic (exact) mass is 318 g/mol. The number of hydrogen-bond donors (Lipinski definition) is 1. The molecular formula is C15H15ClN4O2. The van der Waals surface area contributed by atoms with Gasteiger partial charge in [0.2, 0.25) is 5.91 Å². The van der Waals surface area contributed by atoms with E-state index in [1.165, 1.54) is 0 Å². The van der Waals surface area contributed by atoms with Crippen molar-refractivity contribution in [3.8, 4) is 0 Å². The molecule has 1 atom stereocenters. The van der Waals surface area contributed by atoms with E-state index in [1.54, 1.807) is 47.1 Å². The van der Waals surface area contributed by atoms with Gasteiger partial charge in [-0.25, -0.2) is 4.98 Å². The summed E-state index contributed by atoms with van der Waals surface area (Å²) in [4.78, 5) is 30.2. The predicted octanol–water partition coefficient (Wildman–Crippen LogP) is 1.61. The van der Waals surface area contributed by atoms with E-state index in [1.807, 2.05) is 6.07 Å². The Balaban J connectivity index is 1.72. The fourth-order valence-electron chi connectivity index (χ4n) is 2.52. The number of imidazole rings is 1. The summed E-state index contributed by atoms with van der Waals surface area (Å²) >= 11 is 5.96. The highest BCUT2D eigenvalue weighted by molar-refractivity contribution is 6.31. The van der Waals surface area contributed by atoms with Crippen molar-refractivity contribution in [1.82, 2.24) is 14.9 Å². The number of anilines is 1. The number of carbonyl (C=O) groups is 2. The summed E-state index contributed by atoms with van der Waals surface area (Å²) in [6, 6.07) is 6.58. The summed E-state index contributed by atoms with van der Waals surface area (Å²) in [5, 5.41) is 3.31. The van der Waals surface area contributed by atoms with E-state index in [-0.39, 0.29) is 17.6 Å². The van der Waals surface area contributed by atoms with Crippen LogP contribution in [0.5, 0.6) is 0 Å². The van der Waals surface area contributed by atoms with Crippen molar-refractivity contribution in [1.29, 1.82) is 0 Å². The van der Waals surface area contributed by atoms with Gasteiger partial charge in [-0.05, 0) is 24.6 Å². The Morgan fingerprint density at radius 2 is 2.27 bits per heavy atom. The van der Waals surface area contributed by atoms with E-state index >= 15 is 0 Å². The maximum absolute atomic E-state index is 12.4. The molecule has 2 heterocycles. The molecule has 0 spiro atoms. The van der Waals surface area contributed by atoms with Gasteiger partial charge < -0.3 is 14.8 Å². The molecule has 22 heavy (non-hydrogen) atoms. The highest BCUT2D eigenvalue weighted by atomic mass is 35.5. The Hall–Kier alpha value is -2.34. The summed E-state index contributed by atoms with van der Waals surface area (Å²) in [6.45, 7) is 0.546. The molecule has 0 radical (unpaired) electrons. The van der Waals surface area contributed by atoms with Crippen LogP contribution in [0.4, 0.5) is 5.69 Å². The third-order valence-corrected chi connectivity index (χ3v) is 3.89. The predicted molar refractivity (Wildman–Crippen MR) is 82.9 cm³/mol. The minimum absolute atomic E-state index is 0.134. The summed E-state index contributed by atoms with van der Waals surface area (Å²) in [5.74, 6) is -0.197. The third-order valence-electron chi connectivity index (χ3n) is 3.65. The minimum Gasteiger partial charge on any atom is -0.337 e. The van der Waals surface area contributed by atoms with Crippen LogP contribution in [0.15, 0.2) is 36.7 Å². The Kier molecular flexibility index (Phi) is 3.85. The first kappa shape index (κ1) is 14.6. The average molecular weight is 319 g/mol. The van der Waals surface area contributed by atoms with Crippen molar-refractivity contribution in [3.63, 3.8) is 0 Å². The van der Waals surface area contributed by atoms with Crippen molar-refractivity contribution in [2.75, 3.05) is 11.4 Å². The molecule has 3 rings (SSSR count). The number of benzene rings is 1. The molecule has 0 bridgehead atoms. The van der Waals surface area contributed by atoms with E-state index in [9.17, 15) is 9.59 Å². The minimum atomic E-state index is -0.539. The fourth-order valence-corrected chi connectivity index (χ4v) is 2.71. The molecule has 1 aromatic heterocycles. The van der Waals surface area contributed by atoms with Crippen LogP contribution in [0.3, 0.4) is 0 Å². The molecule has 1 saturated heterocycles. The number of rotatable bonds is 3. The van der Waals surface area contributed by atoms with Crippen LogP contribution in [0.2, 0.25) is 5.02 Å². The second kappa shape index (κ2) is 5.81. The van der Waals surface area contributed by atoms with Crippen LogP contribution in [0, 0.1) is 0 Å². The zero-order valence-corrected chi connectivity index (χ0v) is 12.7. The van der Waals surface area contributed by atoms with Crippen LogP contribution in [-0.2, 0) is 11.8 Å². The van der Waals surface area contributed by atoms with Gasteiger partial charge in [0, 0.05) is 36.7 Å². The highest BCUT2D eigenvalue weighted by Crippen LogP contribution is 2.24. The number of carbonyl (C=O) groups excluding carboxylic acids is 2. The van der Waals surface area contributed by atoms with Gasteiger partial charge in [0.25, 0.3) is 5.91 Å². The average Bonchev–Trinajstić information content (AvgIpc) is 3.06. The number of hydrogen-bond acceptors (Lipinski definition) is 3. The third kappa shape index (κ3) is 2.69. The number of aryl methyl sites for hydroxylation is 1. The van der Waals surface area contributed by atoms with Gasteiger partial charge in [0.05, 0.1) is 0 Å². The van der Waals surface area contributed by atoms with Gasteiger partial charge in [0.1, 0.15) is 6.04 Å². The van der Waals surface area contributed by atoms with Crippen molar-refractivity contribution in [3.05, 3.63) is 47.5 Å². The topological polar surface area (TPSA) is 67.2 Å². The lowest BCUT2D eigenvalue weighted by Gasteiger charge is -2.17. The zero-order chi connectivity index (χ0) is 15.7. The fraction of sp³-hybridized carbons (Fsp3) is 0.267. The summed E-state index contributed by atoms with van der Waals surface area (Å²) in [7, 11) is 1.73. The first-order valence-corrected chi connectivity index (χ1v) is 7.29. The van der Waals surface area contributed by atoms with Gasteiger partial charge >= 0.3 is 0 Å². The van der Waals surface area contributed by atoms with Gasteiger partial charge in [-0.1, -0.05) is 17.7 Å². The van der Waals surface area contributed by atoms with Gasteiger partial charge in [-0.2, -0.15) is 0 Å². The summed E-state index contributed by atoms with van der Waals surface area (Å²) in [5.41, 5.74) is 0.742. The van der Waals surface area contributed by atoms with E-state index in [0.717, 1.165) is 5.69 Å². The molecule has 1 fully saturated rings. The van der Waals surface area contributed by atoms with E-state index in [0.29, 0.717) is 18.0 Å². The van der Waals surface area contributed by atoms with Gasteiger partial charge in [0.15, 0.2) is 5.82 Å². The number of aromatic nitrogens is 2. The van der Waals surface area contributed by atoms with Crippen LogP contribution < -0.4 is 10.2 Å². The molecule has 114 valence electrons. The Morgan fingerprint density at radius 1 is 1.45 bits per heavy atom. The lowest BCUT2D eigenvalue weighted by molar-refractivity contribution is -0.118. The first-order chi connectivity index (χ1) is 10.6. The second-order valence-corrected chi connectivity index (χ2v) is 5.58. The smallest absolute Gasteiger partial charge is 0.287 e. The van der Waals surface area contributed by atoms with E-state index < -0.39 is 6.04 Å². The van der Waals surface area contributed by atoms with Crippen molar-refractivity contribution >= 4 is 29.1 Å². The Labute approximate surface area is 132 Å². The molecule has 6 nitrogen and oxygen atoms in total. The number of amides is 2. The summed E-state index contributed by atoms with van der Waals surface area (Å²) < 4.78 is 1.61. The quantitative estimate of drug-likeness (QED) is 0.935.